The van der Waals surface area contributed by atoms with Gasteiger partial charge in [-0.25, -0.2) is 4.98 Å². The molecule has 0 radical (unpaired) electrons. The van der Waals surface area contributed by atoms with E-state index in [9.17, 15) is 9.59 Å². The monoisotopic (exact) mass is 276 g/mol. The van der Waals surface area contributed by atoms with Crippen molar-refractivity contribution in [3.05, 3.63) is 29.6 Å². The van der Waals surface area contributed by atoms with E-state index in [1.807, 2.05) is 19.1 Å². The Kier molecular flexibility index (Phi) is 4.71. The second-order valence-corrected chi connectivity index (χ2v) is 5.35. The molecule has 1 aliphatic rings. The van der Waals surface area contributed by atoms with Gasteiger partial charge in [0.15, 0.2) is 0 Å². The number of pyridine rings is 1. The highest BCUT2D eigenvalue weighted by atomic mass is 16.4. The molecular weight excluding hydrogens is 256 g/mol. The lowest BCUT2D eigenvalue weighted by molar-refractivity contribution is -0.138. The Morgan fingerprint density at radius 3 is 2.85 bits per heavy atom. The molecule has 1 saturated heterocycles. The average molecular weight is 276 g/mol. The van der Waals surface area contributed by atoms with Crippen LogP contribution in [-0.2, 0) is 4.79 Å². The third-order valence-corrected chi connectivity index (χ3v) is 3.71. The summed E-state index contributed by atoms with van der Waals surface area (Å²) in [5, 5.41) is 8.85. The topological polar surface area (TPSA) is 70.5 Å². The van der Waals surface area contributed by atoms with E-state index in [1.54, 1.807) is 11.0 Å². The van der Waals surface area contributed by atoms with Gasteiger partial charge in [-0.15, -0.1) is 0 Å². The van der Waals surface area contributed by atoms with Gasteiger partial charge in [-0.1, -0.05) is 6.07 Å². The number of amides is 1. The van der Waals surface area contributed by atoms with Crippen LogP contribution in [0, 0.1) is 12.8 Å². The zero-order valence-corrected chi connectivity index (χ0v) is 11.7. The second-order valence-electron chi connectivity index (χ2n) is 5.35. The van der Waals surface area contributed by atoms with Gasteiger partial charge in [-0.2, -0.15) is 0 Å². The maximum atomic E-state index is 12.4. The average Bonchev–Trinajstić information content (AvgIpc) is 2.63. The van der Waals surface area contributed by atoms with E-state index in [2.05, 4.69) is 4.98 Å². The van der Waals surface area contributed by atoms with Crippen LogP contribution in [0.15, 0.2) is 18.2 Å². The Morgan fingerprint density at radius 2 is 2.15 bits per heavy atom. The standard InChI is InChI=1S/C15H20N2O3/c1-11-4-2-6-13(16-11)15(20)17-8-3-5-12(7-9-17)10-14(18)19/h2,4,6,12H,3,5,7-10H2,1H3,(H,18,19)/t12-/m1/s1. The fourth-order valence-electron chi connectivity index (χ4n) is 2.64. The summed E-state index contributed by atoms with van der Waals surface area (Å²) in [6.07, 6.45) is 2.68. The van der Waals surface area contributed by atoms with Crippen LogP contribution in [-0.4, -0.2) is 40.0 Å². The summed E-state index contributed by atoms with van der Waals surface area (Å²) in [5.41, 5.74) is 1.30. The Balaban J connectivity index is 1.99. The molecule has 1 amide bonds. The number of carbonyl (C=O) groups is 2. The van der Waals surface area contributed by atoms with Crippen molar-refractivity contribution in [3.63, 3.8) is 0 Å². The minimum Gasteiger partial charge on any atom is -0.481 e. The van der Waals surface area contributed by atoms with Gasteiger partial charge in [0.2, 0.25) is 0 Å². The molecular formula is C15H20N2O3. The number of rotatable bonds is 3. The fourth-order valence-corrected chi connectivity index (χ4v) is 2.64. The lowest BCUT2D eigenvalue weighted by atomic mass is 9.97. The highest BCUT2D eigenvalue weighted by molar-refractivity contribution is 5.92. The number of hydrogen-bond acceptors (Lipinski definition) is 3. The summed E-state index contributed by atoms with van der Waals surface area (Å²) in [6.45, 7) is 3.17. The first-order chi connectivity index (χ1) is 9.56. The predicted octanol–water partition coefficient (Wildman–Crippen LogP) is 2.11. The number of hydrogen-bond donors (Lipinski definition) is 1. The van der Waals surface area contributed by atoms with Crippen LogP contribution in [0.4, 0.5) is 0 Å². The SMILES string of the molecule is Cc1cccc(C(=O)N2CCC[C@@H](CC(=O)O)CC2)n1. The number of aryl methyl sites for hydroxylation is 1. The Labute approximate surface area is 118 Å². The van der Waals surface area contributed by atoms with Crippen LogP contribution in [0.3, 0.4) is 0 Å². The van der Waals surface area contributed by atoms with E-state index < -0.39 is 5.97 Å². The van der Waals surface area contributed by atoms with Gasteiger partial charge in [-0.05, 0) is 44.2 Å². The number of aliphatic carboxylic acids is 1. The van der Waals surface area contributed by atoms with Gasteiger partial charge in [0.25, 0.3) is 5.91 Å². The number of carbonyl (C=O) groups excluding carboxylic acids is 1. The summed E-state index contributed by atoms with van der Waals surface area (Å²) in [7, 11) is 0. The van der Waals surface area contributed by atoms with Crippen LogP contribution in [0.5, 0.6) is 0 Å². The summed E-state index contributed by atoms with van der Waals surface area (Å²) in [6, 6.07) is 5.43. The number of likely N-dealkylation sites (tertiary alicyclic amines) is 1. The number of carboxylic acids is 1. The largest absolute Gasteiger partial charge is 0.481 e. The van der Waals surface area contributed by atoms with E-state index in [0.717, 1.165) is 25.0 Å². The first-order valence-corrected chi connectivity index (χ1v) is 7.01. The van der Waals surface area contributed by atoms with Crippen molar-refractivity contribution in [1.29, 1.82) is 0 Å². The van der Waals surface area contributed by atoms with Crippen molar-refractivity contribution in [1.82, 2.24) is 9.88 Å². The highest BCUT2D eigenvalue weighted by Gasteiger charge is 2.23. The first-order valence-electron chi connectivity index (χ1n) is 7.01. The molecule has 1 aromatic heterocycles. The second kappa shape index (κ2) is 6.50. The zero-order chi connectivity index (χ0) is 14.5. The van der Waals surface area contributed by atoms with Gasteiger partial charge in [0.05, 0.1) is 0 Å². The number of nitrogens with zero attached hydrogens (tertiary/aromatic N) is 2. The van der Waals surface area contributed by atoms with E-state index in [0.29, 0.717) is 18.8 Å². The van der Waals surface area contributed by atoms with Crippen LogP contribution < -0.4 is 0 Å². The van der Waals surface area contributed by atoms with Crippen molar-refractivity contribution in [2.45, 2.75) is 32.6 Å². The maximum Gasteiger partial charge on any atom is 0.303 e. The van der Waals surface area contributed by atoms with Gasteiger partial charge < -0.3 is 10.0 Å². The molecule has 0 spiro atoms. The summed E-state index contributed by atoms with van der Waals surface area (Å²) in [5.74, 6) is -0.629. The molecule has 2 heterocycles. The van der Waals surface area contributed by atoms with E-state index in [-0.39, 0.29) is 18.2 Å². The van der Waals surface area contributed by atoms with E-state index in [1.165, 1.54) is 0 Å². The van der Waals surface area contributed by atoms with Gasteiger partial charge in [0.1, 0.15) is 5.69 Å². The first kappa shape index (κ1) is 14.5. The van der Waals surface area contributed by atoms with Gasteiger partial charge >= 0.3 is 5.97 Å². The molecule has 0 unspecified atom stereocenters. The van der Waals surface area contributed by atoms with Crippen molar-refractivity contribution in [3.8, 4) is 0 Å². The normalized spacial score (nSPS) is 19.4. The molecule has 1 aromatic rings. The van der Waals surface area contributed by atoms with E-state index >= 15 is 0 Å². The third-order valence-electron chi connectivity index (χ3n) is 3.71. The molecule has 0 bridgehead atoms. The molecule has 1 N–H and O–H groups in total. The van der Waals surface area contributed by atoms with Crippen LogP contribution in [0.1, 0.15) is 41.9 Å². The zero-order valence-electron chi connectivity index (χ0n) is 11.7. The fraction of sp³-hybridized carbons (Fsp3) is 0.533. The minimum atomic E-state index is -0.755. The summed E-state index contributed by atoms with van der Waals surface area (Å²) in [4.78, 5) is 29.2. The number of carboxylic acid groups (broad SMARTS) is 1. The van der Waals surface area contributed by atoms with Gasteiger partial charge in [0, 0.05) is 25.2 Å². The molecule has 2 rings (SSSR count). The van der Waals surface area contributed by atoms with Crippen molar-refractivity contribution in [2.75, 3.05) is 13.1 Å². The molecule has 0 aromatic carbocycles. The summed E-state index contributed by atoms with van der Waals surface area (Å²) >= 11 is 0. The van der Waals surface area contributed by atoms with Crippen molar-refractivity contribution >= 4 is 11.9 Å². The summed E-state index contributed by atoms with van der Waals surface area (Å²) < 4.78 is 0. The molecule has 0 aliphatic carbocycles. The molecule has 5 heteroatoms. The Hall–Kier alpha value is -1.91. The maximum absolute atomic E-state index is 12.4. The molecule has 20 heavy (non-hydrogen) atoms. The van der Waals surface area contributed by atoms with Crippen LogP contribution in [0.2, 0.25) is 0 Å². The highest BCUT2D eigenvalue weighted by Crippen LogP contribution is 2.21. The van der Waals surface area contributed by atoms with Crippen LogP contribution in [0.25, 0.3) is 0 Å². The molecule has 5 nitrogen and oxygen atoms in total. The molecule has 1 aliphatic heterocycles. The lowest BCUT2D eigenvalue weighted by Gasteiger charge is -2.20. The molecule has 1 atom stereocenters. The van der Waals surface area contributed by atoms with Crippen LogP contribution >= 0.6 is 0 Å². The smallest absolute Gasteiger partial charge is 0.303 e. The third kappa shape index (κ3) is 3.79. The lowest BCUT2D eigenvalue weighted by Crippen LogP contribution is -2.32. The molecule has 1 fully saturated rings. The van der Waals surface area contributed by atoms with Crippen molar-refractivity contribution < 1.29 is 14.7 Å². The predicted molar refractivity (Wildman–Crippen MR) is 74.5 cm³/mol. The van der Waals surface area contributed by atoms with Gasteiger partial charge in [-0.3, -0.25) is 9.59 Å². The molecule has 108 valence electrons. The Morgan fingerprint density at radius 1 is 1.35 bits per heavy atom. The number of aromatic nitrogens is 1. The molecule has 0 saturated carbocycles. The quantitative estimate of drug-likeness (QED) is 0.918. The Bertz CT molecular complexity index is 502. The minimum absolute atomic E-state index is 0.0512. The van der Waals surface area contributed by atoms with Crippen molar-refractivity contribution in [2.24, 2.45) is 5.92 Å². The van der Waals surface area contributed by atoms with E-state index in [4.69, 9.17) is 5.11 Å².